The average Bonchev–Trinajstić information content (AvgIpc) is 3.29. The molecule has 0 spiro atoms. The SMILES string of the molecule is NCC1(C2(O)CCN(C3CC3)C2)CCc2ccccc2C1. The highest BCUT2D eigenvalue weighted by Crippen LogP contribution is 2.48. The van der Waals surface area contributed by atoms with Crippen molar-refractivity contribution in [1.29, 1.82) is 0 Å². The number of benzene rings is 1. The lowest BCUT2D eigenvalue weighted by Crippen LogP contribution is -2.57. The molecule has 1 saturated carbocycles. The number of nitrogens with zero attached hydrogens (tertiary/aromatic N) is 1. The van der Waals surface area contributed by atoms with E-state index >= 15 is 0 Å². The molecule has 3 aliphatic rings. The number of aryl methyl sites for hydroxylation is 1. The van der Waals surface area contributed by atoms with E-state index in [-0.39, 0.29) is 5.41 Å². The molecule has 3 nitrogen and oxygen atoms in total. The second-order valence-electron chi connectivity index (χ2n) is 7.41. The topological polar surface area (TPSA) is 49.5 Å². The van der Waals surface area contributed by atoms with Gasteiger partial charge in [-0.15, -0.1) is 0 Å². The van der Waals surface area contributed by atoms with Crippen LogP contribution in [0.2, 0.25) is 0 Å². The lowest BCUT2D eigenvalue weighted by molar-refractivity contribution is -0.0796. The first-order valence-electron chi connectivity index (χ1n) is 8.39. The highest BCUT2D eigenvalue weighted by atomic mass is 16.3. The number of hydrogen-bond donors (Lipinski definition) is 2. The van der Waals surface area contributed by atoms with Gasteiger partial charge in [0.2, 0.25) is 0 Å². The number of likely N-dealkylation sites (tertiary alicyclic amines) is 1. The van der Waals surface area contributed by atoms with Crippen molar-refractivity contribution in [3.05, 3.63) is 35.4 Å². The molecule has 0 radical (unpaired) electrons. The van der Waals surface area contributed by atoms with Gasteiger partial charge in [0.05, 0.1) is 5.60 Å². The third-order valence-electron chi connectivity index (χ3n) is 6.24. The molecule has 2 fully saturated rings. The van der Waals surface area contributed by atoms with Gasteiger partial charge in [0, 0.05) is 31.1 Å². The minimum Gasteiger partial charge on any atom is -0.388 e. The Labute approximate surface area is 127 Å². The molecule has 2 aliphatic carbocycles. The van der Waals surface area contributed by atoms with Gasteiger partial charge in [-0.2, -0.15) is 0 Å². The molecule has 1 aliphatic heterocycles. The Morgan fingerprint density at radius 1 is 1.19 bits per heavy atom. The van der Waals surface area contributed by atoms with Crippen LogP contribution < -0.4 is 5.73 Å². The average molecular weight is 286 g/mol. The summed E-state index contributed by atoms with van der Waals surface area (Å²) >= 11 is 0. The van der Waals surface area contributed by atoms with Gasteiger partial charge in [-0.25, -0.2) is 0 Å². The molecule has 21 heavy (non-hydrogen) atoms. The summed E-state index contributed by atoms with van der Waals surface area (Å²) in [6.45, 7) is 2.47. The summed E-state index contributed by atoms with van der Waals surface area (Å²) in [4.78, 5) is 2.50. The molecular weight excluding hydrogens is 260 g/mol. The van der Waals surface area contributed by atoms with Crippen molar-refractivity contribution < 1.29 is 5.11 Å². The van der Waals surface area contributed by atoms with Crippen LogP contribution in [-0.4, -0.2) is 41.3 Å². The van der Waals surface area contributed by atoms with Gasteiger partial charge < -0.3 is 10.8 Å². The van der Waals surface area contributed by atoms with Crippen LogP contribution in [0.5, 0.6) is 0 Å². The quantitative estimate of drug-likeness (QED) is 0.889. The summed E-state index contributed by atoms with van der Waals surface area (Å²) in [5.41, 5.74) is 8.33. The van der Waals surface area contributed by atoms with Crippen LogP contribution in [0.25, 0.3) is 0 Å². The van der Waals surface area contributed by atoms with E-state index in [0.717, 1.165) is 44.8 Å². The maximum atomic E-state index is 11.4. The van der Waals surface area contributed by atoms with Crippen molar-refractivity contribution in [2.45, 2.75) is 50.2 Å². The Morgan fingerprint density at radius 2 is 1.95 bits per heavy atom. The van der Waals surface area contributed by atoms with E-state index in [4.69, 9.17) is 5.73 Å². The largest absolute Gasteiger partial charge is 0.388 e. The molecule has 1 aromatic rings. The third-order valence-corrected chi connectivity index (χ3v) is 6.24. The second-order valence-corrected chi connectivity index (χ2v) is 7.41. The Morgan fingerprint density at radius 3 is 2.67 bits per heavy atom. The van der Waals surface area contributed by atoms with Crippen LogP contribution >= 0.6 is 0 Å². The summed E-state index contributed by atoms with van der Waals surface area (Å²) in [6, 6.07) is 9.42. The van der Waals surface area contributed by atoms with Crippen molar-refractivity contribution in [1.82, 2.24) is 4.90 Å². The first-order chi connectivity index (χ1) is 10.2. The number of aliphatic hydroxyl groups is 1. The Bertz CT molecular complexity index is 542. The molecular formula is C18H26N2O. The zero-order valence-electron chi connectivity index (χ0n) is 12.7. The maximum Gasteiger partial charge on any atom is 0.0857 e. The van der Waals surface area contributed by atoms with E-state index in [1.807, 2.05) is 0 Å². The fraction of sp³-hybridized carbons (Fsp3) is 0.667. The molecule has 0 aromatic heterocycles. The summed E-state index contributed by atoms with van der Waals surface area (Å²) in [7, 11) is 0. The van der Waals surface area contributed by atoms with Crippen molar-refractivity contribution in [3.63, 3.8) is 0 Å². The highest BCUT2D eigenvalue weighted by Gasteiger charge is 2.55. The van der Waals surface area contributed by atoms with E-state index in [9.17, 15) is 5.11 Å². The zero-order valence-corrected chi connectivity index (χ0v) is 12.7. The summed E-state index contributed by atoms with van der Waals surface area (Å²) in [6.07, 6.45) is 6.54. The van der Waals surface area contributed by atoms with Gasteiger partial charge in [-0.3, -0.25) is 4.90 Å². The molecule has 2 atom stereocenters. The van der Waals surface area contributed by atoms with Gasteiger partial charge in [0.1, 0.15) is 0 Å². The fourth-order valence-electron chi connectivity index (χ4n) is 4.57. The minimum absolute atomic E-state index is 0.134. The Kier molecular flexibility index (Phi) is 3.14. The maximum absolute atomic E-state index is 11.4. The van der Waals surface area contributed by atoms with Crippen molar-refractivity contribution in [2.75, 3.05) is 19.6 Å². The Balaban J connectivity index is 1.62. The van der Waals surface area contributed by atoms with Crippen LogP contribution in [0.1, 0.15) is 36.8 Å². The van der Waals surface area contributed by atoms with Gasteiger partial charge in [0.15, 0.2) is 0 Å². The van der Waals surface area contributed by atoms with Crippen molar-refractivity contribution in [3.8, 4) is 0 Å². The monoisotopic (exact) mass is 286 g/mol. The Hall–Kier alpha value is -0.900. The van der Waals surface area contributed by atoms with Crippen LogP contribution in [0.15, 0.2) is 24.3 Å². The number of rotatable bonds is 3. The van der Waals surface area contributed by atoms with Crippen LogP contribution in [0, 0.1) is 5.41 Å². The lowest BCUT2D eigenvalue weighted by atomic mass is 9.61. The van der Waals surface area contributed by atoms with Crippen molar-refractivity contribution >= 4 is 0 Å². The minimum atomic E-state index is -0.599. The van der Waals surface area contributed by atoms with Gasteiger partial charge in [-0.1, -0.05) is 24.3 Å². The molecule has 2 unspecified atom stereocenters. The van der Waals surface area contributed by atoms with E-state index in [0.29, 0.717) is 6.54 Å². The molecule has 1 saturated heterocycles. The molecule has 0 amide bonds. The van der Waals surface area contributed by atoms with Crippen molar-refractivity contribution in [2.24, 2.45) is 11.1 Å². The van der Waals surface area contributed by atoms with Gasteiger partial charge >= 0.3 is 0 Å². The lowest BCUT2D eigenvalue weighted by Gasteiger charge is -2.48. The number of β-amino-alcohol motifs (C(OH)–C–C–N with tert-alkyl or cyclic N) is 1. The predicted molar refractivity (Wildman–Crippen MR) is 84.1 cm³/mol. The van der Waals surface area contributed by atoms with Crippen LogP contribution in [0.4, 0.5) is 0 Å². The molecule has 114 valence electrons. The normalized spacial score (nSPS) is 36.7. The molecule has 4 rings (SSSR count). The van der Waals surface area contributed by atoms with E-state index < -0.39 is 5.60 Å². The molecule has 1 aromatic carbocycles. The van der Waals surface area contributed by atoms with E-state index in [1.54, 1.807) is 0 Å². The first kappa shape index (κ1) is 13.7. The first-order valence-corrected chi connectivity index (χ1v) is 8.39. The standard InChI is InChI=1S/C18H26N2O/c19-12-17(8-7-14-3-1-2-4-15(14)11-17)18(21)9-10-20(13-18)16-5-6-16/h1-4,16,21H,5-13,19H2. The van der Waals surface area contributed by atoms with Gasteiger partial charge in [-0.05, 0) is 49.7 Å². The fourth-order valence-corrected chi connectivity index (χ4v) is 4.57. The highest BCUT2D eigenvalue weighted by molar-refractivity contribution is 5.32. The number of fused-ring (bicyclic) bond motifs is 1. The summed E-state index contributed by atoms with van der Waals surface area (Å²) in [5, 5.41) is 11.4. The molecule has 3 N–H and O–H groups in total. The predicted octanol–water partition coefficient (Wildman–Crippen LogP) is 1.72. The zero-order chi connectivity index (χ0) is 14.5. The molecule has 1 heterocycles. The molecule has 3 heteroatoms. The third kappa shape index (κ3) is 2.14. The van der Waals surface area contributed by atoms with E-state index in [1.165, 1.54) is 24.0 Å². The van der Waals surface area contributed by atoms with Gasteiger partial charge in [0.25, 0.3) is 0 Å². The smallest absolute Gasteiger partial charge is 0.0857 e. The summed E-state index contributed by atoms with van der Waals surface area (Å²) < 4.78 is 0. The number of nitrogens with two attached hydrogens (primary N) is 1. The second kappa shape index (κ2) is 4.80. The summed E-state index contributed by atoms with van der Waals surface area (Å²) in [5.74, 6) is 0. The molecule has 0 bridgehead atoms. The van der Waals surface area contributed by atoms with Crippen LogP contribution in [0.3, 0.4) is 0 Å². The number of hydrogen-bond acceptors (Lipinski definition) is 3. The van der Waals surface area contributed by atoms with E-state index in [2.05, 4.69) is 29.2 Å². The van der Waals surface area contributed by atoms with Crippen LogP contribution in [-0.2, 0) is 12.8 Å².